The van der Waals surface area contributed by atoms with Crippen molar-refractivity contribution < 1.29 is 14.3 Å². The van der Waals surface area contributed by atoms with Crippen LogP contribution in [-0.2, 0) is 10.2 Å². The molecule has 31 heavy (non-hydrogen) atoms. The molecule has 2 aromatic rings. The van der Waals surface area contributed by atoms with Crippen LogP contribution < -0.4 is 19.7 Å². The molecule has 1 N–H and O–H groups in total. The van der Waals surface area contributed by atoms with Crippen molar-refractivity contribution >= 4 is 11.9 Å². The molecule has 5 rings (SSSR count). The maximum absolute atomic E-state index is 13.1. The van der Waals surface area contributed by atoms with E-state index in [4.69, 9.17) is 9.47 Å². The molecular formula is C24H30N4O3. The Morgan fingerprint density at radius 2 is 1.87 bits per heavy atom. The van der Waals surface area contributed by atoms with Crippen molar-refractivity contribution in [2.75, 3.05) is 37.7 Å². The largest absolute Gasteiger partial charge is 0.486 e. The molecule has 3 heterocycles. The van der Waals surface area contributed by atoms with E-state index in [0.29, 0.717) is 32.3 Å². The van der Waals surface area contributed by atoms with Crippen molar-refractivity contribution in [1.29, 1.82) is 0 Å². The average molecular weight is 423 g/mol. The van der Waals surface area contributed by atoms with Gasteiger partial charge in [0.05, 0.1) is 5.92 Å². The summed E-state index contributed by atoms with van der Waals surface area (Å²) < 4.78 is 11.5. The number of benzene rings is 1. The van der Waals surface area contributed by atoms with E-state index < -0.39 is 0 Å². The number of carbonyl (C=O) groups excluding carboxylic acids is 1. The number of hydrogen-bond donors (Lipinski definition) is 1. The van der Waals surface area contributed by atoms with Crippen LogP contribution in [0.5, 0.6) is 11.5 Å². The zero-order valence-corrected chi connectivity index (χ0v) is 17.9. The van der Waals surface area contributed by atoms with Crippen molar-refractivity contribution in [2.45, 2.75) is 43.9 Å². The van der Waals surface area contributed by atoms with Crippen LogP contribution in [0.3, 0.4) is 0 Å². The Hall–Kier alpha value is -2.83. The zero-order valence-electron chi connectivity index (χ0n) is 17.9. The number of anilines is 1. The summed E-state index contributed by atoms with van der Waals surface area (Å²) in [6.07, 6.45) is 9.94. The van der Waals surface area contributed by atoms with E-state index in [0.717, 1.165) is 43.7 Å². The second-order valence-corrected chi connectivity index (χ2v) is 8.90. The van der Waals surface area contributed by atoms with E-state index >= 15 is 0 Å². The quantitative estimate of drug-likeness (QED) is 0.798. The van der Waals surface area contributed by atoms with E-state index in [1.807, 2.05) is 12.1 Å². The van der Waals surface area contributed by atoms with Gasteiger partial charge in [0.25, 0.3) is 0 Å². The highest BCUT2D eigenvalue weighted by molar-refractivity contribution is 5.79. The van der Waals surface area contributed by atoms with E-state index in [9.17, 15) is 4.79 Å². The molecule has 0 bridgehead atoms. The molecule has 1 unspecified atom stereocenters. The van der Waals surface area contributed by atoms with Crippen LogP contribution >= 0.6 is 0 Å². The monoisotopic (exact) mass is 422 g/mol. The van der Waals surface area contributed by atoms with Crippen LogP contribution in [0.25, 0.3) is 0 Å². The Labute approximate surface area is 183 Å². The molecule has 164 valence electrons. The zero-order chi connectivity index (χ0) is 21.1. The van der Waals surface area contributed by atoms with E-state index in [1.165, 1.54) is 18.4 Å². The number of carbonyl (C=O) groups is 1. The number of amides is 1. The second-order valence-electron chi connectivity index (χ2n) is 8.90. The molecule has 7 heteroatoms. The summed E-state index contributed by atoms with van der Waals surface area (Å²) in [4.78, 5) is 23.9. The summed E-state index contributed by atoms with van der Waals surface area (Å²) in [5.41, 5.74) is 1.22. The number of fused-ring (bicyclic) bond motifs is 1. The first-order valence-electron chi connectivity index (χ1n) is 11.4. The lowest BCUT2D eigenvalue weighted by molar-refractivity contribution is -0.125. The van der Waals surface area contributed by atoms with Crippen molar-refractivity contribution in [1.82, 2.24) is 15.3 Å². The fourth-order valence-electron chi connectivity index (χ4n) is 5.22. The van der Waals surface area contributed by atoms with Crippen molar-refractivity contribution in [3.63, 3.8) is 0 Å². The summed E-state index contributed by atoms with van der Waals surface area (Å²) in [7, 11) is 0. The third kappa shape index (κ3) is 4.18. The van der Waals surface area contributed by atoms with Crippen molar-refractivity contribution in [2.24, 2.45) is 5.92 Å². The van der Waals surface area contributed by atoms with Gasteiger partial charge in [0.15, 0.2) is 11.5 Å². The summed E-state index contributed by atoms with van der Waals surface area (Å²) in [6, 6.07) is 8.11. The SMILES string of the molecule is O=C(NCC1(c2ccc3c(c2)OCCO3)CCCC1)C1CCCN(c2ncccn2)C1. The molecule has 1 aromatic heterocycles. The molecule has 1 aliphatic carbocycles. The van der Waals surface area contributed by atoms with Crippen LogP contribution in [0.4, 0.5) is 5.95 Å². The molecule has 0 spiro atoms. The Balaban J connectivity index is 1.26. The second kappa shape index (κ2) is 8.73. The van der Waals surface area contributed by atoms with E-state index in [2.05, 4.69) is 32.3 Å². The van der Waals surface area contributed by atoms with Gasteiger partial charge >= 0.3 is 0 Å². The standard InChI is InChI=1S/C24H30N4O3/c29-22(18-5-3-12-28(16-18)23-25-10-4-11-26-23)27-17-24(8-1-2-9-24)19-6-7-20-21(15-19)31-14-13-30-20/h4,6-7,10-11,15,18H,1-3,5,8-9,12-14,16-17H2,(H,27,29). The fraction of sp³-hybridized carbons (Fsp3) is 0.542. The minimum Gasteiger partial charge on any atom is -0.486 e. The van der Waals surface area contributed by atoms with Crippen LogP contribution in [0.15, 0.2) is 36.7 Å². The van der Waals surface area contributed by atoms with Crippen LogP contribution in [0.2, 0.25) is 0 Å². The lowest BCUT2D eigenvalue weighted by atomic mass is 9.78. The predicted molar refractivity (Wildman–Crippen MR) is 118 cm³/mol. The number of ether oxygens (including phenoxy) is 2. The van der Waals surface area contributed by atoms with Gasteiger partial charge in [0, 0.05) is 37.4 Å². The third-order valence-electron chi connectivity index (χ3n) is 6.94. The minimum absolute atomic E-state index is 0.0254. The Morgan fingerprint density at radius 1 is 1.10 bits per heavy atom. The molecule has 1 saturated carbocycles. The van der Waals surface area contributed by atoms with Gasteiger partial charge in [-0.25, -0.2) is 9.97 Å². The number of nitrogens with one attached hydrogen (secondary N) is 1. The van der Waals surface area contributed by atoms with Crippen molar-refractivity contribution in [3.8, 4) is 11.5 Å². The Morgan fingerprint density at radius 3 is 2.68 bits per heavy atom. The van der Waals surface area contributed by atoms with Gasteiger partial charge in [-0.3, -0.25) is 4.79 Å². The first kappa shape index (κ1) is 20.1. The molecule has 7 nitrogen and oxygen atoms in total. The van der Waals surface area contributed by atoms with Crippen molar-refractivity contribution in [3.05, 3.63) is 42.2 Å². The Kier molecular flexibility index (Phi) is 5.66. The molecular weight excluding hydrogens is 392 g/mol. The predicted octanol–water partition coefficient (Wildman–Crippen LogP) is 3.09. The maximum Gasteiger partial charge on any atom is 0.225 e. The maximum atomic E-state index is 13.1. The normalized spacial score (nSPS) is 22.2. The first-order chi connectivity index (χ1) is 15.2. The lowest BCUT2D eigenvalue weighted by Gasteiger charge is -2.34. The van der Waals surface area contributed by atoms with Crippen LogP contribution in [0, 0.1) is 5.92 Å². The molecule has 0 radical (unpaired) electrons. The Bertz CT molecular complexity index is 914. The van der Waals surface area contributed by atoms with Gasteiger partial charge in [-0.15, -0.1) is 0 Å². The third-order valence-corrected chi connectivity index (χ3v) is 6.94. The molecule has 1 amide bonds. The highest BCUT2D eigenvalue weighted by Crippen LogP contribution is 2.44. The molecule has 1 aromatic carbocycles. The number of nitrogens with zero attached hydrogens (tertiary/aromatic N) is 3. The summed E-state index contributed by atoms with van der Waals surface area (Å²) in [6.45, 7) is 3.43. The minimum atomic E-state index is -0.0312. The smallest absolute Gasteiger partial charge is 0.225 e. The van der Waals surface area contributed by atoms with Crippen LogP contribution in [0.1, 0.15) is 44.1 Å². The number of aromatic nitrogens is 2. The average Bonchev–Trinajstić information content (AvgIpc) is 3.33. The highest BCUT2D eigenvalue weighted by atomic mass is 16.6. The van der Waals surface area contributed by atoms with Gasteiger partial charge in [-0.05, 0) is 49.4 Å². The molecule has 2 fully saturated rings. The molecule has 1 atom stereocenters. The number of rotatable bonds is 5. The van der Waals surface area contributed by atoms with E-state index in [1.54, 1.807) is 12.4 Å². The molecule has 2 aliphatic heterocycles. The van der Waals surface area contributed by atoms with Gasteiger partial charge in [0.2, 0.25) is 11.9 Å². The number of piperidine rings is 1. The topological polar surface area (TPSA) is 76.6 Å². The molecule has 3 aliphatic rings. The van der Waals surface area contributed by atoms with Gasteiger partial charge in [-0.1, -0.05) is 18.9 Å². The fourth-order valence-corrected chi connectivity index (χ4v) is 5.22. The molecule has 1 saturated heterocycles. The van der Waals surface area contributed by atoms with Gasteiger partial charge in [0.1, 0.15) is 13.2 Å². The van der Waals surface area contributed by atoms with Gasteiger partial charge < -0.3 is 19.7 Å². The highest BCUT2D eigenvalue weighted by Gasteiger charge is 2.38. The summed E-state index contributed by atoms with van der Waals surface area (Å²) in [5.74, 6) is 2.47. The van der Waals surface area contributed by atoms with Gasteiger partial charge in [-0.2, -0.15) is 0 Å². The van der Waals surface area contributed by atoms with E-state index in [-0.39, 0.29) is 17.2 Å². The lowest BCUT2D eigenvalue weighted by Crippen LogP contribution is -2.47. The first-order valence-corrected chi connectivity index (χ1v) is 11.4. The summed E-state index contributed by atoms with van der Waals surface area (Å²) >= 11 is 0. The van der Waals surface area contributed by atoms with Crippen LogP contribution in [-0.4, -0.2) is 48.7 Å². The summed E-state index contributed by atoms with van der Waals surface area (Å²) in [5, 5.41) is 3.31. The number of hydrogen-bond acceptors (Lipinski definition) is 6.